The highest BCUT2D eigenvalue weighted by molar-refractivity contribution is 5.44. The van der Waals surface area contributed by atoms with Gasteiger partial charge in [-0.15, -0.1) is 0 Å². The molecule has 1 aromatic carbocycles. The number of hydrogen-bond donors (Lipinski definition) is 1. The van der Waals surface area contributed by atoms with Gasteiger partial charge in [0.1, 0.15) is 13.2 Å². The van der Waals surface area contributed by atoms with Gasteiger partial charge in [-0.3, -0.25) is 0 Å². The Bertz CT molecular complexity index is 536. The third-order valence-electron chi connectivity index (χ3n) is 3.26. The zero-order chi connectivity index (χ0) is 13.1. The van der Waals surface area contributed by atoms with Crippen LogP contribution in [0.5, 0.6) is 11.5 Å². The molecule has 0 saturated carbocycles. The minimum Gasteiger partial charge on any atom is -0.486 e. The predicted molar refractivity (Wildman–Crippen MR) is 71.4 cm³/mol. The van der Waals surface area contributed by atoms with Crippen LogP contribution in [0.1, 0.15) is 24.1 Å². The van der Waals surface area contributed by atoms with Gasteiger partial charge in [0.05, 0.1) is 12.5 Å². The normalized spacial score (nSPS) is 15.2. The summed E-state index contributed by atoms with van der Waals surface area (Å²) in [5.41, 5.74) is 2.33. The van der Waals surface area contributed by atoms with Crippen LogP contribution in [0.2, 0.25) is 0 Å². The molecule has 0 bridgehead atoms. The standard InChI is InChI=1S/C15H17NO3/c1-11(16-9-12-4-5-17-10-12)13-2-3-14-15(8-13)19-7-6-18-14/h2-5,8,10-11,16H,6-7,9H2,1H3. The van der Waals surface area contributed by atoms with E-state index < -0.39 is 0 Å². The molecule has 4 nitrogen and oxygen atoms in total. The molecule has 0 amide bonds. The van der Waals surface area contributed by atoms with Crippen molar-refractivity contribution in [2.45, 2.75) is 19.5 Å². The lowest BCUT2D eigenvalue weighted by atomic mass is 10.1. The van der Waals surface area contributed by atoms with Gasteiger partial charge in [-0.2, -0.15) is 0 Å². The lowest BCUT2D eigenvalue weighted by Crippen LogP contribution is -2.19. The second-order valence-electron chi connectivity index (χ2n) is 4.64. The number of hydrogen-bond acceptors (Lipinski definition) is 4. The van der Waals surface area contributed by atoms with Crippen LogP contribution in [-0.2, 0) is 6.54 Å². The van der Waals surface area contributed by atoms with Crippen LogP contribution in [0.4, 0.5) is 0 Å². The first-order valence-corrected chi connectivity index (χ1v) is 6.47. The van der Waals surface area contributed by atoms with Crippen LogP contribution in [0.3, 0.4) is 0 Å². The van der Waals surface area contributed by atoms with Crippen LogP contribution < -0.4 is 14.8 Å². The summed E-state index contributed by atoms with van der Waals surface area (Å²) in [4.78, 5) is 0. The van der Waals surface area contributed by atoms with Crippen molar-refractivity contribution in [2.75, 3.05) is 13.2 Å². The predicted octanol–water partition coefficient (Wildman–Crippen LogP) is 2.90. The topological polar surface area (TPSA) is 43.6 Å². The lowest BCUT2D eigenvalue weighted by molar-refractivity contribution is 0.171. The largest absolute Gasteiger partial charge is 0.486 e. The molecular formula is C15H17NO3. The molecule has 1 N–H and O–H groups in total. The van der Waals surface area contributed by atoms with E-state index in [2.05, 4.69) is 18.3 Å². The first kappa shape index (κ1) is 12.1. The Morgan fingerprint density at radius 2 is 2.00 bits per heavy atom. The van der Waals surface area contributed by atoms with Gasteiger partial charge in [-0.25, -0.2) is 0 Å². The maximum atomic E-state index is 5.60. The molecule has 0 spiro atoms. The number of rotatable bonds is 4. The number of nitrogens with one attached hydrogen (secondary N) is 1. The molecule has 1 atom stereocenters. The second-order valence-corrected chi connectivity index (χ2v) is 4.64. The molecule has 2 aromatic rings. The molecule has 0 saturated heterocycles. The summed E-state index contributed by atoms with van der Waals surface area (Å²) in [6.45, 7) is 4.16. The van der Waals surface area contributed by atoms with Gasteiger partial charge in [0, 0.05) is 18.2 Å². The van der Waals surface area contributed by atoms with Crippen molar-refractivity contribution < 1.29 is 13.9 Å². The third-order valence-corrected chi connectivity index (χ3v) is 3.26. The van der Waals surface area contributed by atoms with Crippen molar-refractivity contribution in [2.24, 2.45) is 0 Å². The van der Waals surface area contributed by atoms with E-state index in [1.165, 1.54) is 5.56 Å². The monoisotopic (exact) mass is 259 g/mol. The summed E-state index contributed by atoms with van der Waals surface area (Å²) < 4.78 is 16.2. The van der Waals surface area contributed by atoms with Gasteiger partial charge in [0.15, 0.2) is 11.5 Å². The van der Waals surface area contributed by atoms with Crippen molar-refractivity contribution in [1.82, 2.24) is 5.32 Å². The summed E-state index contributed by atoms with van der Waals surface area (Å²) in [5, 5.41) is 3.45. The number of fused-ring (bicyclic) bond motifs is 1. The van der Waals surface area contributed by atoms with E-state index in [4.69, 9.17) is 13.9 Å². The van der Waals surface area contributed by atoms with E-state index in [0.717, 1.165) is 23.6 Å². The van der Waals surface area contributed by atoms with Crippen molar-refractivity contribution >= 4 is 0 Å². The fourth-order valence-electron chi connectivity index (χ4n) is 2.11. The van der Waals surface area contributed by atoms with Crippen LogP contribution in [0, 0.1) is 0 Å². The molecular weight excluding hydrogens is 242 g/mol. The second kappa shape index (κ2) is 5.36. The van der Waals surface area contributed by atoms with E-state index in [1.54, 1.807) is 12.5 Å². The Kier molecular flexibility index (Phi) is 3.42. The van der Waals surface area contributed by atoms with E-state index in [-0.39, 0.29) is 6.04 Å². The molecule has 1 aliphatic rings. The molecule has 0 radical (unpaired) electrons. The summed E-state index contributed by atoms with van der Waals surface area (Å²) in [6.07, 6.45) is 3.44. The van der Waals surface area contributed by atoms with E-state index in [0.29, 0.717) is 13.2 Å². The van der Waals surface area contributed by atoms with E-state index in [1.807, 2.05) is 18.2 Å². The van der Waals surface area contributed by atoms with Crippen LogP contribution in [0.25, 0.3) is 0 Å². The Labute approximate surface area is 112 Å². The quantitative estimate of drug-likeness (QED) is 0.917. The van der Waals surface area contributed by atoms with Crippen molar-refractivity contribution in [3.05, 3.63) is 47.9 Å². The highest BCUT2D eigenvalue weighted by atomic mass is 16.6. The molecule has 3 rings (SSSR count). The fourth-order valence-corrected chi connectivity index (χ4v) is 2.11. The van der Waals surface area contributed by atoms with Gasteiger partial charge in [-0.05, 0) is 30.7 Å². The average molecular weight is 259 g/mol. The van der Waals surface area contributed by atoms with Crippen molar-refractivity contribution in [3.8, 4) is 11.5 Å². The lowest BCUT2D eigenvalue weighted by Gasteiger charge is -2.21. The minimum absolute atomic E-state index is 0.241. The Hall–Kier alpha value is -1.94. The van der Waals surface area contributed by atoms with Gasteiger partial charge < -0.3 is 19.2 Å². The summed E-state index contributed by atoms with van der Waals surface area (Å²) in [5.74, 6) is 1.66. The Morgan fingerprint density at radius 3 is 2.79 bits per heavy atom. The number of furan rings is 1. The number of ether oxygens (including phenoxy) is 2. The highest BCUT2D eigenvalue weighted by Crippen LogP contribution is 2.32. The van der Waals surface area contributed by atoms with Gasteiger partial charge in [0.25, 0.3) is 0 Å². The minimum atomic E-state index is 0.241. The SMILES string of the molecule is CC(NCc1ccoc1)c1ccc2c(c1)OCCO2. The zero-order valence-corrected chi connectivity index (χ0v) is 10.9. The summed E-state index contributed by atoms with van der Waals surface area (Å²) >= 11 is 0. The zero-order valence-electron chi connectivity index (χ0n) is 10.9. The molecule has 1 aliphatic heterocycles. The van der Waals surface area contributed by atoms with Crippen LogP contribution in [0.15, 0.2) is 41.2 Å². The molecule has 1 aromatic heterocycles. The molecule has 0 aliphatic carbocycles. The summed E-state index contributed by atoms with van der Waals surface area (Å²) in [6, 6.07) is 8.29. The third kappa shape index (κ3) is 2.74. The first-order chi connectivity index (χ1) is 9.33. The Balaban J connectivity index is 1.67. The maximum Gasteiger partial charge on any atom is 0.161 e. The summed E-state index contributed by atoms with van der Waals surface area (Å²) in [7, 11) is 0. The molecule has 100 valence electrons. The molecule has 1 unspecified atom stereocenters. The van der Waals surface area contributed by atoms with Gasteiger partial charge >= 0.3 is 0 Å². The highest BCUT2D eigenvalue weighted by Gasteiger charge is 2.14. The molecule has 2 heterocycles. The molecule has 0 fully saturated rings. The Morgan fingerprint density at radius 1 is 1.16 bits per heavy atom. The average Bonchev–Trinajstić information content (AvgIpc) is 2.97. The van der Waals surface area contributed by atoms with Crippen LogP contribution in [-0.4, -0.2) is 13.2 Å². The van der Waals surface area contributed by atoms with Crippen molar-refractivity contribution in [1.29, 1.82) is 0 Å². The van der Waals surface area contributed by atoms with Gasteiger partial charge in [0.2, 0.25) is 0 Å². The van der Waals surface area contributed by atoms with Crippen molar-refractivity contribution in [3.63, 3.8) is 0 Å². The number of benzene rings is 1. The smallest absolute Gasteiger partial charge is 0.161 e. The molecule has 19 heavy (non-hydrogen) atoms. The maximum absolute atomic E-state index is 5.60. The van der Waals surface area contributed by atoms with E-state index in [9.17, 15) is 0 Å². The van der Waals surface area contributed by atoms with Gasteiger partial charge in [-0.1, -0.05) is 6.07 Å². The van der Waals surface area contributed by atoms with E-state index >= 15 is 0 Å². The molecule has 4 heteroatoms. The van der Waals surface area contributed by atoms with Crippen LogP contribution >= 0.6 is 0 Å². The first-order valence-electron chi connectivity index (χ1n) is 6.47. The fraction of sp³-hybridized carbons (Fsp3) is 0.333.